The number of hydrogen-bond acceptors (Lipinski definition) is 3. The highest BCUT2D eigenvalue weighted by molar-refractivity contribution is 5.98. The fraction of sp³-hybridized carbons (Fsp3) is 0.250. The number of aryl methyl sites for hydroxylation is 1. The molecule has 0 spiro atoms. The Bertz CT molecular complexity index is 1170. The van der Waals surface area contributed by atoms with E-state index in [0.717, 1.165) is 35.5 Å². The van der Waals surface area contributed by atoms with Gasteiger partial charge in [-0.2, -0.15) is 0 Å². The van der Waals surface area contributed by atoms with Crippen LogP contribution in [0.2, 0.25) is 0 Å². The monoisotopic (exact) mass is 455 g/mol. The number of amides is 2. The number of hydrazine groups is 1. The first-order valence-corrected chi connectivity index (χ1v) is 11.7. The summed E-state index contributed by atoms with van der Waals surface area (Å²) in [6.07, 6.45) is 1.92. The van der Waals surface area contributed by atoms with Crippen molar-refractivity contribution in [1.29, 1.82) is 0 Å². The van der Waals surface area contributed by atoms with E-state index in [9.17, 15) is 9.59 Å². The van der Waals surface area contributed by atoms with Crippen LogP contribution in [0.5, 0.6) is 0 Å². The topological polar surface area (TPSA) is 64.5 Å². The highest BCUT2D eigenvalue weighted by atomic mass is 16.2. The molecule has 0 radical (unpaired) electrons. The SMILES string of the molecule is CCN(CC)c1ccc(/C=[N+]2\NC(=O)[C@@H](NC(=O)c3ccccc3)[C@@H]2c2ccc(C)cc2)cc1. The molecule has 0 saturated carbocycles. The van der Waals surface area contributed by atoms with Crippen molar-refractivity contribution in [2.24, 2.45) is 0 Å². The maximum Gasteiger partial charge on any atom is 0.304 e. The highest BCUT2D eigenvalue weighted by Crippen LogP contribution is 2.26. The summed E-state index contributed by atoms with van der Waals surface area (Å²) in [4.78, 5) is 28.2. The van der Waals surface area contributed by atoms with Crippen LogP contribution in [-0.2, 0) is 4.79 Å². The zero-order chi connectivity index (χ0) is 24.1. The van der Waals surface area contributed by atoms with Crippen molar-refractivity contribution in [1.82, 2.24) is 10.7 Å². The summed E-state index contributed by atoms with van der Waals surface area (Å²) in [6, 6.07) is 24.2. The first-order valence-electron chi connectivity index (χ1n) is 11.7. The third kappa shape index (κ3) is 5.01. The van der Waals surface area contributed by atoms with Crippen LogP contribution in [0.25, 0.3) is 0 Å². The summed E-state index contributed by atoms with van der Waals surface area (Å²) in [5.74, 6) is -0.519. The Balaban J connectivity index is 1.66. The van der Waals surface area contributed by atoms with E-state index in [-0.39, 0.29) is 17.9 Å². The van der Waals surface area contributed by atoms with E-state index >= 15 is 0 Å². The molecular formula is C28H31N4O2+. The van der Waals surface area contributed by atoms with Crippen molar-refractivity contribution in [3.05, 3.63) is 101 Å². The molecule has 0 aromatic heterocycles. The van der Waals surface area contributed by atoms with Gasteiger partial charge < -0.3 is 10.2 Å². The van der Waals surface area contributed by atoms with Crippen LogP contribution in [0.1, 0.15) is 46.9 Å². The second kappa shape index (κ2) is 10.3. The summed E-state index contributed by atoms with van der Waals surface area (Å²) < 4.78 is 1.80. The van der Waals surface area contributed by atoms with E-state index in [1.165, 1.54) is 0 Å². The van der Waals surface area contributed by atoms with Crippen molar-refractivity contribution in [2.45, 2.75) is 32.9 Å². The lowest BCUT2D eigenvalue weighted by Gasteiger charge is -2.20. The van der Waals surface area contributed by atoms with Crippen LogP contribution >= 0.6 is 0 Å². The zero-order valence-corrected chi connectivity index (χ0v) is 19.9. The summed E-state index contributed by atoms with van der Waals surface area (Å²) in [6.45, 7) is 8.19. The van der Waals surface area contributed by atoms with Gasteiger partial charge in [-0.15, -0.1) is 10.1 Å². The fourth-order valence-electron chi connectivity index (χ4n) is 4.28. The Morgan fingerprint density at radius 2 is 1.62 bits per heavy atom. The lowest BCUT2D eigenvalue weighted by Crippen LogP contribution is -2.42. The normalized spacial score (nSPS) is 18.6. The molecule has 174 valence electrons. The lowest BCUT2D eigenvalue weighted by atomic mass is 9.98. The summed E-state index contributed by atoms with van der Waals surface area (Å²) in [5, 5.41) is 2.94. The third-order valence-electron chi connectivity index (χ3n) is 6.19. The molecule has 0 bridgehead atoms. The number of hydrazone groups is 1. The molecule has 1 saturated heterocycles. The van der Waals surface area contributed by atoms with Gasteiger partial charge in [0.15, 0.2) is 6.04 Å². The molecule has 34 heavy (non-hydrogen) atoms. The minimum atomic E-state index is -0.735. The largest absolute Gasteiger partial charge is 0.372 e. The van der Waals surface area contributed by atoms with E-state index < -0.39 is 6.04 Å². The number of anilines is 1. The number of carbonyl (C=O) groups is 2. The number of nitrogens with one attached hydrogen (secondary N) is 2. The van der Waals surface area contributed by atoms with Crippen LogP contribution in [-0.4, -0.2) is 41.8 Å². The molecule has 1 fully saturated rings. The second-order valence-corrected chi connectivity index (χ2v) is 8.45. The van der Waals surface area contributed by atoms with E-state index in [4.69, 9.17) is 0 Å². The molecule has 6 nitrogen and oxygen atoms in total. The smallest absolute Gasteiger partial charge is 0.304 e. The summed E-state index contributed by atoms with van der Waals surface area (Å²) in [5.41, 5.74) is 7.67. The molecule has 1 aliphatic heterocycles. The van der Waals surface area contributed by atoms with Crippen molar-refractivity contribution >= 4 is 23.7 Å². The minimum absolute atomic E-state index is 0.245. The van der Waals surface area contributed by atoms with Crippen LogP contribution in [0.15, 0.2) is 78.9 Å². The van der Waals surface area contributed by atoms with Crippen molar-refractivity contribution in [3.8, 4) is 0 Å². The number of carbonyl (C=O) groups excluding carboxylic acids is 2. The molecule has 2 atom stereocenters. The van der Waals surface area contributed by atoms with Gasteiger partial charge >= 0.3 is 5.91 Å². The van der Waals surface area contributed by atoms with Gasteiger partial charge in [0.25, 0.3) is 5.91 Å². The molecule has 0 aliphatic carbocycles. The molecule has 1 aliphatic rings. The predicted octanol–water partition coefficient (Wildman–Crippen LogP) is 3.86. The zero-order valence-electron chi connectivity index (χ0n) is 19.9. The van der Waals surface area contributed by atoms with Crippen LogP contribution in [0.4, 0.5) is 5.69 Å². The molecule has 3 aromatic carbocycles. The Morgan fingerprint density at radius 1 is 0.971 bits per heavy atom. The maximum atomic E-state index is 13.0. The Hall–Kier alpha value is -3.93. The van der Waals surface area contributed by atoms with Gasteiger partial charge in [-0.1, -0.05) is 48.0 Å². The molecule has 3 aromatic rings. The van der Waals surface area contributed by atoms with Crippen molar-refractivity contribution in [3.63, 3.8) is 0 Å². The van der Waals surface area contributed by atoms with Gasteiger partial charge in [-0.3, -0.25) is 9.59 Å². The first-order chi connectivity index (χ1) is 16.5. The van der Waals surface area contributed by atoms with Gasteiger partial charge in [0.05, 0.1) is 0 Å². The van der Waals surface area contributed by atoms with Crippen LogP contribution < -0.4 is 15.6 Å². The standard InChI is InChI=1S/C28H30N4O2/c1-4-31(5-2)24-17-13-21(14-18-24)19-32-26(22-15-11-20(3)12-16-22)25(28(34)30-32)29-27(33)23-9-7-6-8-10-23/h6-19,25-26H,4-5H2,1-3H3,(H-,29,30,33,34)/p+1/t25-,26-/m0/s1. The summed E-state index contributed by atoms with van der Waals surface area (Å²) in [7, 11) is 0. The molecule has 6 heteroatoms. The highest BCUT2D eigenvalue weighted by Gasteiger charge is 2.47. The minimum Gasteiger partial charge on any atom is -0.372 e. The number of hydrogen-bond donors (Lipinski definition) is 2. The molecule has 1 heterocycles. The number of benzene rings is 3. The fourth-order valence-corrected chi connectivity index (χ4v) is 4.28. The Kier molecular flexibility index (Phi) is 7.07. The molecule has 2 amide bonds. The third-order valence-corrected chi connectivity index (χ3v) is 6.19. The average Bonchev–Trinajstić information content (AvgIpc) is 3.16. The maximum absolute atomic E-state index is 13.0. The van der Waals surface area contributed by atoms with Gasteiger partial charge in [-0.05, 0) is 57.2 Å². The second-order valence-electron chi connectivity index (χ2n) is 8.45. The van der Waals surface area contributed by atoms with Crippen molar-refractivity contribution in [2.75, 3.05) is 18.0 Å². The molecule has 2 N–H and O–H groups in total. The summed E-state index contributed by atoms with van der Waals surface area (Å²) >= 11 is 0. The Labute approximate surface area is 200 Å². The van der Waals surface area contributed by atoms with E-state index in [0.29, 0.717) is 5.56 Å². The van der Waals surface area contributed by atoms with E-state index in [1.54, 1.807) is 16.8 Å². The van der Waals surface area contributed by atoms with Crippen molar-refractivity contribution < 1.29 is 14.3 Å². The van der Waals surface area contributed by atoms with Gasteiger partial charge in [0, 0.05) is 35.5 Å². The van der Waals surface area contributed by atoms with Crippen LogP contribution in [0.3, 0.4) is 0 Å². The van der Waals surface area contributed by atoms with Gasteiger partial charge in [0.1, 0.15) is 0 Å². The van der Waals surface area contributed by atoms with E-state index in [1.807, 2.05) is 67.7 Å². The van der Waals surface area contributed by atoms with E-state index in [2.05, 4.69) is 41.6 Å². The number of rotatable bonds is 7. The quantitative estimate of drug-likeness (QED) is 0.532. The molecule has 0 unspecified atom stereocenters. The average molecular weight is 456 g/mol. The Morgan fingerprint density at radius 3 is 2.24 bits per heavy atom. The van der Waals surface area contributed by atoms with Gasteiger partial charge in [-0.25, -0.2) is 0 Å². The predicted molar refractivity (Wildman–Crippen MR) is 135 cm³/mol. The molecular weight excluding hydrogens is 424 g/mol. The lowest BCUT2D eigenvalue weighted by molar-refractivity contribution is -0.596. The molecule has 4 rings (SSSR count). The van der Waals surface area contributed by atoms with Crippen LogP contribution in [0, 0.1) is 6.92 Å². The number of nitrogens with zero attached hydrogens (tertiary/aromatic N) is 2. The first kappa shape index (κ1) is 23.2. The van der Waals surface area contributed by atoms with Gasteiger partial charge in [0.2, 0.25) is 12.3 Å².